The molecule has 0 aliphatic heterocycles. The summed E-state index contributed by atoms with van der Waals surface area (Å²) in [5.41, 5.74) is 1.14. The van der Waals surface area contributed by atoms with Gasteiger partial charge in [-0.3, -0.25) is 9.59 Å². The molecule has 4 nitrogen and oxygen atoms in total. The zero-order chi connectivity index (χ0) is 17.2. The Labute approximate surface area is 153 Å². The van der Waals surface area contributed by atoms with Gasteiger partial charge in [0.05, 0.1) is 5.75 Å². The highest BCUT2D eigenvalue weighted by molar-refractivity contribution is 7.99. The van der Waals surface area contributed by atoms with Crippen LogP contribution in [0.2, 0.25) is 5.02 Å². The van der Waals surface area contributed by atoms with Gasteiger partial charge in [-0.2, -0.15) is 0 Å². The highest BCUT2D eigenvalue weighted by atomic mass is 35.5. The average Bonchev–Trinajstić information content (AvgIpc) is 2.57. The lowest BCUT2D eigenvalue weighted by atomic mass is 9.95. The van der Waals surface area contributed by atoms with Crippen LogP contribution in [-0.4, -0.2) is 30.2 Å². The summed E-state index contributed by atoms with van der Waals surface area (Å²) >= 11 is 7.39. The third kappa shape index (κ3) is 7.58. The van der Waals surface area contributed by atoms with Crippen LogP contribution in [-0.2, 0) is 15.3 Å². The number of hydrogen-bond acceptors (Lipinski definition) is 3. The monoisotopic (exact) mass is 368 g/mol. The van der Waals surface area contributed by atoms with Crippen molar-refractivity contribution in [1.29, 1.82) is 0 Å². The van der Waals surface area contributed by atoms with Crippen molar-refractivity contribution < 1.29 is 9.59 Å². The lowest BCUT2D eigenvalue weighted by molar-refractivity contribution is -0.122. The van der Waals surface area contributed by atoms with Gasteiger partial charge in [-0.15, -0.1) is 11.8 Å². The number of thioether (sulfide) groups is 1. The molecule has 2 amide bonds. The van der Waals surface area contributed by atoms with Crippen LogP contribution in [0.25, 0.3) is 0 Å². The summed E-state index contributed by atoms with van der Waals surface area (Å²) in [6.07, 6.45) is 6.19. The van der Waals surface area contributed by atoms with Crippen LogP contribution in [0, 0.1) is 0 Å². The number of rotatable bonds is 8. The molecule has 0 saturated heterocycles. The first kappa shape index (κ1) is 19.1. The first-order valence-corrected chi connectivity index (χ1v) is 10.0. The maximum Gasteiger partial charge on any atom is 0.230 e. The van der Waals surface area contributed by atoms with Crippen LogP contribution in [0.1, 0.15) is 44.1 Å². The number of hydrogen-bond donors (Lipinski definition) is 2. The molecule has 0 atom stereocenters. The van der Waals surface area contributed by atoms with Crippen molar-refractivity contribution in [2.24, 2.45) is 0 Å². The Hall–Kier alpha value is -1.20. The van der Waals surface area contributed by atoms with Crippen molar-refractivity contribution in [2.75, 3.05) is 12.3 Å². The molecule has 1 aromatic carbocycles. The van der Waals surface area contributed by atoms with Crippen molar-refractivity contribution in [3.05, 3.63) is 34.9 Å². The Morgan fingerprint density at radius 1 is 1.08 bits per heavy atom. The van der Waals surface area contributed by atoms with Gasteiger partial charge in [0, 0.05) is 29.8 Å². The van der Waals surface area contributed by atoms with E-state index in [1.165, 1.54) is 19.3 Å². The van der Waals surface area contributed by atoms with E-state index in [2.05, 4.69) is 10.6 Å². The molecule has 1 aromatic rings. The van der Waals surface area contributed by atoms with Crippen molar-refractivity contribution in [3.8, 4) is 0 Å². The fraction of sp³-hybridized carbons (Fsp3) is 0.556. The molecule has 0 spiro atoms. The maximum atomic E-state index is 11.8. The summed E-state index contributed by atoms with van der Waals surface area (Å²) in [7, 11) is 0. The quantitative estimate of drug-likeness (QED) is 0.738. The predicted molar refractivity (Wildman–Crippen MR) is 100 cm³/mol. The average molecular weight is 369 g/mol. The number of amides is 2. The van der Waals surface area contributed by atoms with Gasteiger partial charge in [-0.05, 0) is 30.5 Å². The number of nitrogens with one attached hydrogen (secondary N) is 2. The topological polar surface area (TPSA) is 58.2 Å². The SMILES string of the molecule is O=C(CSCc1ccc(Cl)cc1)NCCC(=O)NC1CCCCC1. The highest BCUT2D eigenvalue weighted by Crippen LogP contribution is 2.17. The highest BCUT2D eigenvalue weighted by Gasteiger charge is 2.15. The molecule has 0 bridgehead atoms. The second-order valence-electron chi connectivity index (χ2n) is 6.12. The van der Waals surface area contributed by atoms with Crippen molar-refractivity contribution in [2.45, 2.75) is 50.3 Å². The second-order valence-corrected chi connectivity index (χ2v) is 7.54. The summed E-state index contributed by atoms with van der Waals surface area (Å²) in [6, 6.07) is 7.95. The zero-order valence-corrected chi connectivity index (χ0v) is 15.4. The Morgan fingerprint density at radius 2 is 1.79 bits per heavy atom. The molecule has 1 aliphatic carbocycles. The lowest BCUT2D eigenvalue weighted by Gasteiger charge is -2.22. The van der Waals surface area contributed by atoms with E-state index in [1.54, 1.807) is 11.8 Å². The van der Waals surface area contributed by atoms with Gasteiger partial charge in [0.2, 0.25) is 11.8 Å². The van der Waals surface area contributed by atoms with Gasteiger partial charge in [0.15, 0.2) is 0 Å². The molecular formula is C18H25ClN2O2S. The first-order chi connectivity index (χ1) is 11.6. The van der Waals surface area contributed by atoms with E-state index in [0.717, 1.165) is 24.2 Å². The molecule has 0 heterocycles. The predicted octanol–water partition coefficient (Wildman–Crippen LogP) is 3.53. The van der Waals surface area contributed by atoms with Gasteiger partial charge in [-0.25, -0.2) is 0 Å². The number of benzene rings is 1. The second kappa shape index (κ2) is 10.6. The standard InChI is InChI=1S/C18H25ClN2O2S/c19-15-8-6-14(7-9-15)12-24-13-18(23)20-11-10-17(22)21-16-4-2-1-3-5-16/h6-9,16H,1-5,10-13H2,(H,20,23)(H,21,22). The minimum absolute atomic E-state index is 0.0283. The van der Waals surface area contributed by atoms with Crippen molar-refractivity contribution in [1.82, 2.24) is 10.6 Å². The molecule has 2 N–H and O–H groups in total. The molecule has 132 valence electrons. The fourth-order valence-electron chi connectivity index (χ4n) is 2.76. The summed E-state index contributed by atoms with van der Waals surface area (Å²) in [6.45, 7) is 0.402. The largest absolute Gasteiger partial charge is 0.355 e. The molecule has 1 aliphatic rings. The molecule has 0 aromatic heterocycles. The molecule has 1 fully saturated rings. The van der Waals surface area contributed by atoms with Crippen LogP contribution in [0.4, 0.5) is 0 Å². The number of halogens is 1. The summed E-state index contributed by atoms with van der Waals surface area (Å²) in [4.78, 5) is 23.6. The Balaban J connectivity index is 1.52. The van der Waals surface area contributed by atoms with Crippen molar-refractivity contribution >= 4 is 35.2 Å². The van der Waals surface area contributed by atoms with Gasteiger partial charge in [0.25, 0.3) is 0 Å². The smallest absolute Gasteiger partial charge is 0.230 e. The van der Waals surface area contributed by atoms with E-state index < -0.39 is 0 Å². The zero-order valence-electron chi connectivity index (χ0n) is 13.9. The molecule has 0 unspecified atom stereocenters. The maximum absolute atomic E-state index is 11.8. The van der Waals surface area contributed by atoms with E-state index in [9.17, 15) is 9.59 Å². The molecule has 24 heavy (non-hydrogen) atoms. The van der Waals surface area contributed by atoms with Gasteiger partial charge < -0.3 is 10.6 Å². The minimum Gasteiger partial charge on any atom is -0.355 e. The van der Waals surface area contributed by atoms with E-state index in [1.807, 2.05) is 24.3 Å². The number of carbonyl (C=O) groups excluding carboxylic acids is 2. The summed E-state index contributed by atoms with van der Waals surface area (Å²) in [5, 5.41) is 6.58. The molecule has 0 radical (unpaired) electrons. The van der Waals surface area contributed by atoms with Crippen LogP contribution in [0.3, 0.4) is 0 Å². The van der Waals surface area contributed by atoms with Crippen LogP contribution >= 0.6 is 23.4 Å². The van der Waals surface area contributed by atoms with E-state index >= 15 is 0 Å². The first-order valence-electron chi connectivity index (χ1n) is 8.52. The van der Waals surface area contributed by atoms with Crippen LogP contribution in [0.5, 0.6) is 0 Å². The third-order valence-electron chi connectivity index (χ3n) is 4.06. The van der Waals surface area contributed by atoms with Crippen molar-refractivity contribution in [3.63, 3.8) is 0 Å². The molecule has 2 rings (SSSR count). The molecule has 6 heteroatoms. The van der Waals surface area contributed by atoms with E-state index in [0.29, 0.717) is 29.8 Å². The third-order valence-corrected chi connectivity index (χ3v) is 5.32. The van der Waals surface area contributed by atoms with E-state index in [4.69, 9.17) is 11.6 Å². The van der Waals surface area contributed by atoms with Gasteiger partial charge in [-0.1, -0.05) is 43.0 Å². The molecular weight excluding hydrogens is 344 g/mol. The van der Waals surface area contributed by atoms with E-state index in [-0.39, 0.29) is 11.8 Å². The van der Waals surface area contributed by atoms with Crippen LogP contribution < -0.4 is 10.6 Å². The lowest BCUT2D eigenvalue weighted by Crippen LogP contribution is -2.38. The molecule has 1 saturated carbocycles. The Kier molecular flexibility index (Phi) is 8.47. The van der Waals surface area contributed by atoms with Gasteiger partial charge in [0.1, 0.15) is 0 Å². The van der Waals surface area contributed by atoms with Gasteiger partial charge >= 0.3 is 0 Å². The Bertz CT molecular complexity index is 530. The Morgan fingerprint density at radius 3 is 2.50 bits per heavy atom. The fourth-order valence-corrected chi connectivity index (χ4v) is 3.70. The summed E-state index contributed by atoms with van der Waals surface area (Å²) in [5.74, 6) is 1.18. The number of carbonyl (C=O) groups is 2. The summed E-state index contributed by atoms with van der Waals surface area (Å²) < 4.78 is 0. The minimum atomic E-state index is -0.0283. The normalized spacial score (nSPS) is 15.0. The van der Waals surface area contributed by atoms with Crippen LogP contribution in [0.15, 0.2) is 24.3 Å².